The summed E-state index contributed by atoms with van der Waals surface area (Å²) in [6.07, 6.45) is -0.436. The lowest BCUT2D eigenvalue weighted by Crippen LogP contribution is -2.51. The topological polar surface area (TPSA) is 116 Å². The Bertz CT molecular complexity index is 317. The van der Waals surface area contributed by atoms with E-state index in [0.717, 1.165) is 0 Å². The summed E-state index contributed by atoms with van der Waals surface area (Å²) in [5.74, 6) is -2.76. The maximum absolute atomic E-state index is 11.8. The average molecular weight is 260 g/mol. The number of carboxylic acid groups (broad SMARTS) is 2. The smallest absolute Gasteiger partial charge is 0.326 e. The predicted molar refractivity (Wildman–Crippen MR) is 64.1 cm³/mol. The van der Waals surface area contributed by atoms with Gasteiger partial charge in [-0.1, -0.05) is 13.8 Å². The number of amides is 1. The normalized spacial score (nSPS) is 14.0. The Balaban J connectivity index is 4.53. The first-order valence-electron chi connectivity index (χ1n) is 5.71. The zero-order chi connectivity index (χ0) is 14.3. The lowest BCUT2D eigenvalue weighted by molar-refractivity contribution is -0.143. The van der Waals surface area contributed by atoms with Crippen molar-refractivity contribution in [3.8, 4) is 0 Å². The molecule has 0 aromatic heterocycles. The van der Waals surface area contributed by atoms with Crippen LogP contribution in [0, 0.1) is 5.92 Å². The first-order chi connectivity index (χ1) is 8.29. The number of carbonyl (C=O) groups excluding carboxylic acids is 1. The highest BCUT2D eigenvalue weighted by Gasteiger charge is 2.26. The van der Waals surface area contributed by atoms with Crippen LogP contribution >= 0.6 is 0 Å². The van der Waals surface area contributed by atoms with Crippen LogP contribution in [0.25, 0.3) is 0 Å². The molecule has 0 bridgehead atoms. The molecule has 0 aliphatic carbocycles. The van der Waals surface area contributed by atoms with Crippen molar-refractivity contribution in [2.24, 2.45) is 5.92 Å². The Labute approximate surface area is 106 Å². The Morgan fingerprint density at radius 1 is 1.17 bits per heavy atom. The van der Waals surface area contributed by atoms with E-state index in [1.807, 2.05) is 13.8 Å². The highest BCUT2D eigenvalue weighted by molar-refractivity contribution is 5.87. The first kappa shape index (κ1) is 16.4. The number of hydrogen-bond acceptors (Lipinski definition) is 4. The zero-order valence-corrected chi connectivity index (χ0v) is 10.8. The monoisotopic (exact) mass is 260 g/mol. The highest BCUT2D eigenvalue weighted by atomic mass is 16.4. The van der Waals surface area contributed by atoms with Crippen molar-refractivity contribution >= 4 is 17.8 Å². The van der Waals surface area contributed by atoms with Gasteiger partial charge in [0.15, 0.2) is 0 Å². The van der Waals surface area contributed by atoms with E-state index in [2.05, 4.69) is 10.6 Å². The van der Waals surface area contributed by atoms with Gasteiger partial charge in [-0.25, -0.2) is 4.79 Å². The van der Waals surface area contributed by atoms with Crippen molar-refractivity contribution in [1.29, 1.82) is 0 Å². The summed E-state index contributed by atoms with van der Waals surface area (Å²) in [4.78, 5) is 33.1. The third-order valence-corrected chi connectivity index (χ3v) is 2.52. The summed E-state index contributed by atoms with van der Waals surface area (Å²) < 4.78 is 0. The summed E-state index contributed by atoms with van der Waals surface area (Å²) in [5.41, 5.74) is 0. The molecule has 0 aliphatic heterocycles. The number of likely N-dealkylation sites (N-methyl/N-ethyl adjacent to an activating group) is 1. The molecule has 0 rings (SSSR count). The molecule has 0 aromatic carbocycles. The number of carboxylic acids is 2. The molecule has 1 amide bonds. The fourth-order valence-corrected chi connectivity index (χ4v) is 1.55. The van der Waals surface area contributed by atoms with Crippen LogP contribution in [-0.2, 0) is 14.4 Å². The van der Waals surface area contributed by atoms with E-state index >= 15 is 0 Å². The van der Waals surface area contributed by atoms with E-state index in [1.165, 1.54) is 0 Å². The molecule has 0 saturated carbocycles. The van der Waals surface area contributed by atoms with Gasteiger partial charge in [0, 0.05) is 6.42 Å². The van der Waals surface area contributed by atoms with Crippen molar-refractivity contribution in [3.05, 3.63) is 0 Å². The van der Waals surface area contributed by atoms with Crippen molar-refractivity contribution < 1.29 is 24.6 Å². The molecule has 0 fully saturated rings. The van der Waals surface area contributed by atoms with Crippen molar-refractivity contribution in [1.82, 2.24) is 10.6 Å². The summed E-state index contributed by atoms with van der Waals surface area (Å²) in [5, 5.41) is 22.5. The molecule has 2 unspecified atom stereocenters. The maximum atomic E-state index is 11.8. The SMILES string of the molecule is CNC(C(=O)NC(CCC(=O)O)C(=O)O)C(C)C. The number of aliphatic carboxylic acids is 2. The summed E-state index contributed by atoms with van der Waals surface area (Å²) in [6.45, 7) is 3.65. The van der Waals surface area contributed by atoms with Crippen LogP contribution in [-0.4, -0.2) is 47.2 Å². The van der Waals surface area contributed by atoms with Gasteiger partial charge in [0.05, 0.1) is 6.04 Å². The third-order valence-electron chi connectivity index (χ3n) is 2.52. The van der Waals surface area contributed by atoms with E-state index in [9.17, 15) is 14.4 Å². The molecular formula is C11H20N2O5. The van der Waals surface area contributed by atoms with E-state index in [4.69, 9.17) is 10.2 Å². The lowest BCUT2D eigenvalue weighted by Gasteiger charge is -2.22. The predicted octanol–water partition coefficient (Wildman–Crippen LogP) is -0.335. The van der Waals surface area contributed by atoms with Gasteiger partial charge in [0.25, 0.3) is 0 Å². The quantitative estimate of drug-likeness (QED) is 0.474. The van der Waals surface area contributed by atoms with Gasteiger partial charge in [-0.2, -0.15) is 0 Å². The van der Waals surface area contributed by atoms with Crippen LogP contribution in [0.15, 0.2) is 0 Å². The summed E-state index contributed by atoms with van der Waals surface area (Å²) in [6, 6.07) is -1.68. The highest BCUT2D eigenvalue weighted by Crippen LogP contribution is 2.04. The van der Waals surface area contributed by atoms with Gasteiger partial charge in [-0.3, -0.25) is 9.59 Å². The molecule has 18 heavy (non-hydrogen) atoms. The second-order valence-corrected chi connectivity index (χ2v) is 4.34. The Morgan fingerprint density at radius 3 is 2.06 bits per heavy atom. The second kappa shape index (κ2) is 7.65. The van der Waals surface area contributed by atoms with Gasteiger partial charge in [-0.05, 0) is 19.4 Å². The molecular weight excluding hydrogens is 240 g/mol. The second-order valence-electron chi connectivity index (χ2n) is 4.34. The van der Waals surface area contributed by atoms with Gasteiger partial charge in [0.2, 0.25) is 5.91 Å². The van der Waals surface area contributed by atoms with Crippen molar-refractivity contribution in [3.63, 3.8) is 0 Å². The molecule has 0 aliphatic rings. The van der Waals surface area contributed by atoms with E-state index in [1.54, 1.807) is 7.05 Å². The van der Waals surface area contributed by atoms with Crippen molar-refractivity contribution in [2.75, 3.05) is 7.05 Å². The van der Waals surface area contributed by atoms with Gasteiger partial charge >= 0.3 is 11.9 Å². The third kappa shape index (κ3) is 5.62. The largest absolute Gasteiger partial charge is 0.481 e. The van der Waals surface area contributed by atoms with E-state index in [0.29, 0.717) is 0 Å². The minimum Gasteiger partial charge on any atom is -0.481 e. The molecule has 0 radical (unpaired) electrons. The molecule has 2 atom stereocenters. The van der Waals surface area contributed by atoms with Gasteiger partial charge < -0.3 is 20.8 Å². The van der Waals surface area contributed by atoms with Gasteiger partial charge in [-0.15, -0.1) is 0 Å². The summed E-state index contributed by atoms with van der Waals surface area (Å²) >= 11 is 0. The minimum absolute atomic E-state index is 0.00363. The standard InChI is InChI=1S/C11H20N2O5/c1-6(2)9(12-3)10(16)13-7(11(17)18)4-5-8(14)15/h6-7,9,12H,4-5H2,1-3H3,(H,13,16)(H,14,15)(H,17,18). The number of rotatable bonds is 8. The zero-order valence-electron chi connectivity index (χ0n) is 10.8. The number of nitrogens with one attached hydrogen (secondary N) is 2. The molecule has 0 heterocycles. The maximum Gasteiger partial charge on any atom is 0.326 e. The summed E-state index contributed by atoms with van der Waals surface area (Å²) in [7, 11) is 1.61. The minimum atomic E-state index is -1.23. The Hall–Kier alpha value is -1.63. The van der Waals surface area contributed by atoms with Crippen LogP contribution in [0.1, 0.15) is 26.7 Å². The average Bonchev–Trinajstić information content (AvgIpc) is 2.23. The number of carbonyl (C=O) groups is 3. The van der Waals surface area contributed by atoms with Crippen LogP contribution in [0.5, 0.6) is 0 Å². The van der Waals surface area contributed by atoms with Gasteiger partial charge in [0.1, 0.15) is 6.04 Å². The lowest BCUT2D eigenvalue weighted by atomic mass is 10.0. The molecule has 7 heteroatoms. The first-order valence-corrected chi connectivity index (χ1v) is 5.71. The fourth-order valence-electron chi connectivity index (χ4n) is 1.55. The molecule has 104 valence electrons. The van der Waals surface area contributed by atoms with Crippen LogP contribution in [0.4, 0.5) is 0 Å². The Kier molecular flexibility index (Phi) is 6.96. The van der Waals surface area contributed by atoms with E-state index in [-0.39, 0.29) is 18.8 Å². The van der Waals surface area contributed by atoms with Crippen molar-refractivity contribution in [2.45, 2.75) is 38.8 Å². The molecule has 0 spiro atoms. The fraction of sp³-hybridized carbons (Fsp3) is 0.727. The van der Waals surface area contributed by atoms with Crippen LogP contribution in [0.2, 0.25) is 0 Å². The number of hydrogen-bond donors (Lipinski definition) is 4. The molecule has 4 N–H and O–H groups in total. The Morgan fingerprint density at radius 2 is 1.72 bits per heavy atom. The van der Waals surface area contributed by atoms with Crippen LogP contribution < -0.4 is 10.6 Å². The molecule has 7 nitrogen and oxygen atoms in total. The van der Waals surface area contributed by atoms with E-state index < -0.39 is 29.9 Å². The molecule has 0 aromatic rings. The molecule has 0 saturated heterocycles. The van der Waals surface area contributed by atoms with Crippen LogP contribution in [0.3, 0.4) is 0 Å².